The predicted octanol–water partition coefficient (Wildman–Crippen LogP) is 1.01. The van der Waals surface area contributed by atoms with Gasteiger partial charge in [0, 0.05) is 17.0 Å². The van der Waals surface area contributed by atoms with Crippen molar-refractivity contribution in [3.05, 3.63) is 33.7 Å². The van der Waals surface area contributed by atoms with Gasteiger partial charge in [-0.2, -0.15) is 0 Å². The molecule has 0 bridgehead atoms. The van der Waals surface area contributed by atoms with Crippen LogP contribution in [0.5, 0.6) is 11.5 Å². The van der Waals surface area contributed by atoms with Gasteiger partial charge in [-0.1, -0.05) is 11.6 Å². The molecule has 0 spiro atoms. The van der Waals surface area contributed by atoms with Gasteiger partial charge in [-0.15, -0.1) is 17.4 Å². The predicted molar refractivity (Wildman–Crippen MR) is 74.8 cm³/mol. The van der Waals surface area contributed by atoms with E-state index >= 15 is 0 Å². The fourth-order valence-corrected chi connectivity index (χ4v) is 3.80. The Kier molecular flexibility index (Phi) is 2.55. The van der Waals surface area contributed by atoms with E-state index < -0.39 is 0 Å². The highest BCUT2D eigenvalue weighted by atomic mass is 35.5. The van der Waals surface area contributed by atoms with Crippen molar-refractivity contribution in [2.75, 3.05) is 12.7 Å². The van der Waals surface area contributed by atoms with Crippen LogP contribution in [-0.2, 0) is 0 Å². The average molecular weight is 290 g/mol. The van der Waals surface area contributed by atoms with E-state index in [0.717, 1.165) is 28.2 Å². The van der Waals surface area contributed by atoms with E-state index in [0.29, 0.717) is 18.1 Å². The van der Waals surface area contributed by atoms with Crippen molar-refractivity contribution in [1.82, 2.24) is 0 Å². The second-order valence-electron chi connectivity index (χ2n) is 5.55. The Labute approximate surface area is 121 Å². The van der Waals surface area contributed by atoms with Crippen molar-refractivity contribution in [3.8, 4) is 11.5 Å². The smallest absolute Gasteiger partial charge is 0.231 e. The molecule has 2 aliphatic carbocycles. The molecule has 1 aromatic rings. The number of alkyl halides is 1. The minimum Gasteiger partial charge on any atom is -0.875 e. The Morgan fingerprint density at radius 3 is 3.00 bits per heavy atom. The highest BCUT2D eigenvalue weighted by Gasteiger charge is 2.31. The SMILES string of the molecule is CC1=C2CC([O-])=c3ccc4c(c3=C2C(CCl)C1)OCO4. The third-order valence-electron chi connectivity index (χ3n) is 4.43. The van der Waals surface area contributed by atoms with E-state index in [1.165, 1.54) is 11.1 Å². The first-order valence-electron chi connectivity index (χ1n) is 6.78. The summed E-state index contributed by atoms with van der Waals surface area (Å²) < 4.78 is 11.1. The van der Waals surface area contributed by atoms with E-state index in [1.807, 2.05) is 12.1 Å². The van der Waals surface area contributed by atoms with Crippen LogP contribution in [0.1, 0.15) is 19.8 Å². The minimum absolute atomic E-state index is 0.159. The van der Waals surface area contributed by atoms with E-state index in [1.54, 1.807) is 0 Å². The maximum atomic E-state index is 12.4. The molecule has 20 heavy (non-hydrogen) atoms. The van der Waals surface area contributed by atoms with Crippen molar-refractivity contribution < 1.29 is 14.6 Å². The van der Waals surface area contributed by atoms with Gasteiger partial charge in [0.2, 0.25) is 6.79 Å². The number of fused-ring (bicyclic) bond motifs is 4. The van der Waals surface area contributed by atoms with Crippen LogP contribution in [-0.4, -0.2) is 12.7 Å². The number of benzene rings is 1. The summed E-state index contributed by atoms with van der Waals surface area (Å²) in [6.07, 6.45) is 1.42. The first kappa shape index (κ1) is 12.2. The van der Waals surface area contributed by atoms with Crippen molar-refractivity contribution in [2.45, 2.75) is 19.8 Å². The molecule has 1 atom stereocenters. The summed E-state index contributed by atoms with van der Waals surface area (Å²) in [6.45, 7) is 2.32. The lowest BCUT2D eigenvalue weighted by Crippen LogP contribution is -2.38. The third kappa shape index (κ3) is 1.47. The number of rotatable bonds is 1. The second-order valence-corrected chi connectivity index (χ2v) is 5.86. The van der Waals surface area contributed by atoms with Crippen molar-refractivity contribution in [1.29, 1.82) is 0 Å². The lowest BCUT2D eigenvalue weighted by Gasteiger charge is -2.23. The van der Waals surface area contributed by atoms with Crippen LogP contribution in [0.25, 0.3) is 11.3 Å². The Morgan fingerprint density at radius 1 is 1.35 bits per heavy atom. The van der Waals surface area contributed by atoms with Gasteiger partial charge in [-0.05, 0) is 42.2 Å². The van der Waals surface area contributed by atoms with Gasteiger partial charge < -0.3 is 14.6 Å². The van der Waals surface area contributed by atoms with E-state index in [-0.39, 0.29) is 18.5 Å². The molecule has 0 saturated carbocycles. The Balaban J connectivity index is 2.18. The molecule has 104 valence electrons. The molecular formula is C16H14ClO3-. The molecule has 0 radical (unpaired) electrons. The normalized spacial score (nSPS) is 23.2. The van der Waals surface area contributed by atoms with Gasteiger partial charge in [-0.3, -0.25) is 0 Å². The molecule has 1 unspecified atom stereocenters. The summed E-state index contributed by atoms with van der Waals surface area (Å²) >= 11 is 6.14. The molecule has 1 aromatic carbocycles. The summed E-state index contributed by atoms with van der Waals surface area (Å²) in [5, 5.41) is 14.1. The van der Waals surface area contributed by atoms with Gasteiger partial charge in [0.25, 0.3) is 0 Å². The monoisotopic (exact) mass is 289 g/mol. The van der Waals surface area contributed by atoms with Gasteiger partial charge >= 0.3 is 0 Å². The zero-order valence-corrected chi connectivity index (χ0v) is 11.9. The molecule has 0 amide bonds. The highest BCUT2D eigenvalue weighted by molar-refractivity contribution is 6.18. The summed E-state index contributed by atoms with van der Waals surface area (Å²) in [6, 6.07) is 3.68. The molecule has 0 N–H and O–H groups in total. The summed E-state index contributed by atoms with van der Waals surface area (Å²) in [4.78, 5) is 0. The van der Waals surface area contributed by atoms with E-state index in [4.69, 9.17) is 21.1 Å². The summed E-state index contributed by atoms with van der Waals surface area (Å²) in [5.74, 6) is 2.44. The van der Waals surface area contributed by atoms with Gasteiger partial charge in [0.1, 0.15) is 0 Å². The van der Waals surface area contributed by atoms with Crippen molar-refractivity contribution >= 4 is 22.9 Å². The molecule has 0 fully saturated rings. The maximum Gasteiger partial charge on any atom is 0.231 e. The Bertz CT molecular complexity index is 761. The molecule has 0 saturated heterocycles. The lowest BCUT2D eigenvalue weighted by atomic mass is 9.89. The Hall–Kier alpha value is -1.61. The first-order chi connectivity index (χ1) is 9.70. The number of hydrogen-bond acceptors (Lipinski definition) is 3. The van der Waals surface area contributed by atoms with Gasteiger partial charge in [0.05, 0.1) is 0 Å². The average Bonchev–Trinajstić information content (AvgIpc) is 3.03. The van der Waals surface area contributed by atoms with Crippen LogP contribution in [0.4, 0.5) is 0 Å². The quantitative estimate of drug-likeness (QED) is 0.725. The van der Waals surface area contributed by atoms with E-state index in [2.05, 4.69) is 6.92 Å². The largest absolute Gasteiger partial charge is 0.875 e. The maximum absolute atomic E-state index is 12.4. The minimum atomic E-state index is 0.159. The Morgan fingerprint density at radius 2 is 2.20 bits per heavy atom. The standard InChI is InChI=1S/C16H15ClO3/c1-8-4-9(6-17)14-11(8)5-12(18)10-2-3-13-16(15(10)14)20-7-19-13/h2-3,9,18H,4-7H2,1H3/p-1. The zero-order chi connectivity index (χ0) is 13.9. The van der Waals surface area contributed by atoms with Crippen molar-refractivity contribution in [3.63, 3.8) is 0 Å². The second kappa shape index (κ2) is 4.19. The fourth-order valence-electron chi connectivity index (χ4n) is 3.53. The molecular weight excluding hydrogens is 276 g/mol. The molecule has 4 rings (SSSR count). The topological polar surface area (TPSA) is 41.5 Å². The van der Waals surface area contributed by atoms with Crippen LogP contribution in [0.15, 0.2) is 23.3 Å². The van der Waals surface area contributed by atoms with Crippen LogP contribution in [0.2, 0.25) is 0 Å². The number of halogens is 1. The van der Waals surface area contributed by atoms with E-state index in [9.17, 15) is 5.11 Å². The molecule has 1 aliphatic heterocycles. The molecule has 3 aliphatic rings. The molecule has 3 nitrogen and oxygen atoms in total. The van der Waals surface area contributed by atoms with Crippen LogP contribution in [0.3, 0.4) is 0 Å². The van der Waals surface area contributed by atoms with Crippen molar-refractivity contribution in [2.24, 2.45) is 5.92 Å². The molecule has 4 heteroatoms. The zero-order valence-electron chi connectivity index (χ0n) is 11.2. The van der Waals surface area contributed by atoms with Crippen LogP contribution >= 0.6 is 11.6 Å². The fraction of sp³-hybridized carbons (Fsp3) is 0.375. The molecule has 1 heterocycles. The summed E-state index contributed by atoms with van der Waals surface area (Å²) in [7, 11) is 0. The van der Waals surface area contributed by atoms with Crippen LogP contribution in [0, 0.1) is 5.92 Å². The number of ether oxygens (including phenoxy) is 2. The first-order valence-corrected chi connectivity index (χ1v) is 7.32. The van der Waals surface area contributed by atoms with Gasteiger partial charge in [0.15, 0.2) is 11.5 Å². The lowest BCUT2D eigenvalue weighted by molar-refractivity contribution is -0.251. The number of allylic oxidation sites excluding steroid dienone is 1. The third-order valence-corrected chi connectivity index (χ3v) is 4.81. The van der Waals surface area contributed by atoms with Crippen LogP contribution < -0.4 is 25.0 Å². The molecule has 0 aromatic heterocycles. The highest BCUT2D eigenvalue weighted by Crippen LogP contribution is 2.42. The number of hydrogen-bond donors (Lipinski definition) is 0. The van der Waals surface area contributed by atoms with Gasteiger partial charge in [-0.25, -0.2) is 0 Å². The summed E-state index contributed by atoms with van der Waals surface area (Å²) in [5.41, 5.74) is 3.65.